The molecule has 1 unspecified atom stereocenters. The average Bonchev–Trinajstić information content (AvgIpc) is 2.75. The quantitative estimate of drug-likeness (QED) is 0.645. The van der Waals surface area contributed by atoms with E-state index in [2.05, 4.69) is 21.4 Å². The minimum Gasteiger partial charge on any atom is -0.271 e. The summed E-state index contributed by atoms with van der Waals surface area (Å²) in [5.41, 5.74) is 3.12. The van der Waals surface area contributed by atoms with Gasteiger partial charge in [-0.15, -0.1) is 11.3 Å². The van der Waals surface area contributed by atoms with Gasteiger partial charge in [-0.3, -0.25) is 11.3 Å². The van der Waals surface area contributed by atoms with E-state index in [1.807, 2.05) is 11.4 Å². The summed E-state index contributed by atoms with van der Waals surface area (Å²) < 4.78 is 14.8. The van der Waals surface area contributed by atoms with Crippen LogP contribution >= 0.6 is 38.9 Å². The summed E-state index contributed by atoms with van der Waals surface area (Å²) in [5.74, 6) is 5.20. The molecule has 0 aliphatic rings. The van der Waals surface area contributed by atoms with Gasteiger partial charge in [-0.25, -0.2) is 4.39 Å². The summed E-state index contributed by atoms with van der Waals surface area (Å²) in [6.07, 6.45) is 0.615. The molecular weight excluding hydrogens is 339 g/mol. The third-order valence-electron chi connectivity index (χ3n) is 2.56. The van der Waals surface area contributed by atoms with Gasteiger partial charge < -0.3 is 0 Å². The number of hydrogen-bond donors (Lipinski definition) is 2. The van der Waals surface area contributed by atoms with E-state index in [4.69, 9.17) is 17.4 Å². The van der Waals surface area contributed by atoms with Crippen LogP contribution in [0.15, 0.2) is 34.1 Å². The Morgan fingerprint density at radius 3 is 2.83 bits per heavy atom. The summed E-state index contributed by atoms with van der Waals surface area (Å²) in [7, 11) is 0. The third kappa shape index (κ3) is 3.30. The third-order valence-corrected chi connectivity index (χ3v) is 4.52. The maximum Gasteiger partial charge on any atom is 0.128 e. The molecule has 2 rings (SSSR count). The Hall–Kier alpha value is -0.460. The van der Waals surface area contributed by atoms with Crippen LogP contribution in [-0.4, -0.2) is 0 Å². The fourth-order valence-corrected chi connectivity index (χ4v) is 3.38. The van der Waals surface area contributed by atoms with Gasteiger partial charge in [0.25, 0.3) is 0 Å². The second kappa shape index (κ2) is 6.12. The molecule has 0 bridgehead atoms. The van der Waals surface area contributed by atoms with Crippen LogP contribution in [0, 0.1) is 5.82 Å². The molecule has 0 saturated heterocycles. The Balaban J connectivity index is 2.25. The zero-order valence-electron chi connectivity index (χ0n) is 9.29. The Bertz CT molecular complexity index is 547. The van der Waals surface area contributed by atoms with E-state index in [9.17, 15) is 4.39 Å². The van der Waals surface area contributed by atoms with Crippen LogP contribution in [0.2, 0.25) is 5.02 Å². The van der Waals surface area contributed by atoms with Crippen LogP contribution in [0.4, 0.5) is 4.39 Å². The summed E-state index contributed by atoms with van der Waals surface area (Å²) in [6, 6.07) is 6.18. The predicted molar refractivity (Wildman–Crippen MR) is 77.2 cm³/mol. The molecule has 0 aliphatic heterocycles. The maximum absolute atomic E-state index is 13.8. The topological polar surface area (TPSA) is 38.0 Å². The largest absolute Gasteiger partial charge is 0.271 e. The van der Waals surface area contributed by atoms with Gasteiger partial charge in [0.1, 0.15) is 5.82 Å². The first kappa shape index (κ1) is 14.0. The van der Waals surface area contributed by atoms with Crippen molar-refractivity contribution in [3.8, 4) is 0 Å². The number of hydrogen-bond acceptors (Lipinski definition) is 3. The summed E-state index contributed by atoms with van der Waals surface area (Å²) in [4.78, 5) is 1.12. The molecule has 1 aromatic heterocycles. The zero-order valence-corrected chi connectivity index (χ0v) is 12.4. The Kier molecular flexibility index (Phi) is 4.75. The number of halogens is 3. The van der Waals surface area contributed by atoms with E-state index in [-0.39, 0.29) is 11.9 Å². The second-order valence-corrected chi connectivity index (χ2v) is 6.17. The zero-order chi connectivity index (χ0) is 13.1. The normalized spacial score (nSPS) is 12.7. The van der Waals surface area contributed by atoms with Gasteiger partial charge in [0, 0.05) is 31.7 Å². The van der Waals surface area contributed by atoms with Gasteiger partial charge in [-0.2, -0.15) is 0 Å². The Labute approximate surface area is 122 Å². The summed E-state index contributed by atoms with van der Waals surface area (Å²) in [6.45, 7) is 0. The molecule has 0 radical (unpaired) electrons. The van der Waals surface area contributed by atoms with Gasteiger partial charge in [0.2, 0.25) is 0 Å². The van der Waals surface area contributed by atoms with E-state index in [1.54, 1.807) is 17.4 Å². The highest BCUT2D eigenvalue weighted by Crippen LogP contribution is 2.27. The standard InChI is InChI=1S/C12H11BrClFN2S/c13-7-3-9(18-6-7)5-12(17-16)10-4-8(14)1-2-11(10)15/h1-4,6,12,17H,5,16H2. The molecule has 0 spiro atoms. The Morgan fingerprint density at radius 1 is 1.44 bits per heavy atom. The van der Waals surface area contributed by atoms with Crippen molar-refractivity contribution in [1.82, 2.24) is 5.43 Å². The fourth-order valence-electron chi connectivity index (χ4n) is 1.70. The minimum atomic E-state index is -0.307. The SMILES string of the molecule is NNC(Cc1cc(Br)cs1)c1cc(Cl)ccc1F. The highest BCUT2D eigenvalue weighted by molar-refractivity contribution is 9.10. The lowest BCUT2D eigenvalue weighted by atomic mass is 10.0. The van der Waals surface area contributed by atoms with E-state index in [0.717, 1.165) is 9.35 Å². The minimum absolute atomic E-state index is 0.297. The smallest absolute Gasteiger partial charge is 0.128 e. The van der Waals surface area contributed by atoms with Gasteiger partial charge in [-0.1, -0.05) is 11.6 Å². The molecule has 0 fully saturated rings. The maximum atomic E-state index is 13.8. The van der Waals surface area contributed by atoms with E-state index in [0.29, 0.717) is 17.0 Å². The monoisotopic (exact) mass is 348 g/mol. The van der Waals surface area contributed by atoms with Crippen molar-refractivity contribution in [3.05, 3.63) is 55.4 Å². The number of nitrogens with one attached hydrogen (secondary N) is 1. The summed E-state index contributed by atoms with van der Waals surface area (Å²) in [5, 5.41) is 2.48. The highest BCUT2D eigenvalue weighted by Gasteiger charge is 2.16. The van der Waals surface area contributed by atoms with Gasteiger partial charge in [-0.05, 0) is 40.2 Å². The molecule has 3 N–H and O–H groups in total. The summed E-state index contributed by atoms with van der Waals surface area (Å²) >= 11 is 10.9. The molecule has 2 nitrogen and oxygen atoms in total. The van der Waals surface area contributed by atoms with Crippen molar-refractivity contribution >= 4 is 38.9 Å². The predicted octanol–water partition coefficient (Wildman–Crippen LogP) is 4.05. The molecule has 0 saturated carbocycles. The van der Waals surface area contributed by atoms with Crippen LogP contribution < -0.4 is 11.3 Å². The van der Waals surface area contributed by atoms with Gasteiger partial charge in [0.05, 0.1) is 6.04 Å². The van der Waals surface area contributed by atoms with E-state index in [1.165, 1.54) is 12.1 Å². The number of thiophene rings is 1. The lowest BCUT2D eigenvalue weighted by molar-refractivity contribution is 0.513. The molecule has 1 aromatic carbocycles. The van der Waals surface area contributed by atoms with E-state index >= 15 is 0 Å². The molecular formula is C12H11BrClFN2S. The average molecular weight is 350 g/mol. The number of nitrogens with two attached hydrogens (primary N) is 1. The first-order valence-corrected chi connectivity index (χ1v) is 7.29. The molecule has 1 atom stereocenters. The number of rotatable bonds is 4. The van der Waals surface area contributed by atoms with Crippen LogP contribution in [0.25, 0.3) is 0 Å². The number of benzene rings is 1. The van der Waals surface area contributed by atoms with Crippen molar-refractivity contribution in [1.29, 1.82) is 0 Å². The van der Waals surface area contributed by atoms with Crippen molar-refractivity contribution in [2.75, 3.05) is 0 Å². The lowest BCUT2D eigenvalue weighted by Crippen LogP contribution is -2.30. The van der Waals surface area contributed by atoms with Crippen LogP contribution in [0.3, 0.4) is 0 Å². The molecule has 96 valence electrons. The van der Waals surface area contributed by atoms with Gasteiger partial charge in [0.15, 0.2) is 0 Å². The van der Waals surface area contributed by atoms with Crippen molar-refractivity contribution in [2.45, 2.75) is 12.5 Å². The number of hydrazine groups is 1. The lowest BCUT2D eigenvalue weighted by Gasteiger charge is -2.16. The first-order valence-electron chi connectivity index (χ1n) is 5.24. The first-order chi connectivity index (χ1) is 8.60. The fraction of sp³-hybridized carbons (Fsp3) is 0.167. The molecule has 6 heteroatoms. The van der Waals surface area contributed by atoms with Crippen LogP contribution in [0.1, 0.15) is 16.5 Å². The van der Waals surface area contributed by atoms with Gasteiger partial charge >= 0.3 is 0 Å². The van der Waals surface area contributed by atoms with Crippen molar-refractivity contribution in [2.24, 2.45) is 5.84 Å². The second-order valence-electron chi connectivity index (χ2n) is 3.82. The molecule has 1 heterocycles. The highest BCUT2D eigenvalue weighted by atomic mass is 79.9. The van der Waals surface area contributed by atoms with Crippen molar-refractivity contribution in [3.63, 3.8) is 0 Å². The van der Waals surface area contributed by atoms with Crippen molar-refractivity contribution < 1.29 is 4.39 Å². The van der Waals surface area contributed by atoms with E-state index < -0.39 is 0 Å². The molecule has 0 amide bonds. The molecule has 18 heavy (non-hydrogen) atoms. The molecule has 0 aliphatic carbocycles. The Morgan fingerprint density at radius 2 is 2.22 bits per heavy atom. The molecule has 2 aromatic rings. The van der Waals surface area contributed by atoms with Crippen LogP contribution in [0.5, 0.6) is 0 Å². The van der Waals surface area contributed by atoms with Crippen LogP contribution in [-0.2, 0) is 6.42 Å².